The minimum Gasteiger partial charge on any atom is -0.389 e. The summed E-state index contributed by atoms with van der Waals surface area (Å²) in [5.74, 6) is -0.315. The molecule has 4 rings (SSSR count). The Hall–Kier alpha value is -2.50. The van der Waals surface area contributed by atoms with Crippen LogP contribution >= 0.6 is 0 Å². The first-order valence-corrected chi connectivity index (χ1v) is 7.91. The van der Waals surface area contributed by atoms with E-state index in [1.165, 1.54) is 12.1 Å². The molecule has 1 unspecified atom stereocenters. The predicted octanol–water partition coefficient (Wildman–Crippen LogP) is 3.24. The highest BCUT2D eigenvalue weighted by Gasteiger charge is 2.23. The number of hydrogen-bond donors (Lipinski definition) is 2. The Kier molecular flexibility index (Phi) is 3.48. The molecule has 0 bridgehead atoms. The minimum absolute atomic E-state index is 0.0187. The van der Waals surface area contributed by atoms with Crippen LogP contribution in [0.5, 0.6) is 0 Å². The summed E-state index contributed by atoms with van der Waals surface area (Å²) in [6, 6.07) is 10.1. The lowest BCUT2D eigenvalue weighted by Gasteiger charge is -2.17. The van der Waals surface area contributed by atoms with Crippen LogP contribution in [-0.2, 0) is 6.54 Å². The van der Waals surface area contributed by atoms with Crippen LogP contribution in [0.1, 0.15) is 28.9 Å². The van der Waals surface area contributed by atoms with E-state index in [2.05, 4.69) is 5.32 Å². The molecular formula is C19H17FN2O2. The third-order valence-electron chi connectivity index (χ3n) is 4.52. The normalized spacial score (nSPS) is 15.5. The lowest BCUT2D eigenvalue weighted by Crippen LogP contribution is -2.23. The van der Waals surface area contributed by atoms with Crippen molar-refractivity contribution in [2.45, 2.75) is 19.6 Å². The summed E-state index contributed by atoms with van der Waals surface area (Å²) >= 11 is 0. The summed E-state index contributed by atoms with van der Waals surface area (Å²) in [7, 11) is 0. The molecule has 4 nitrogen and oxygen atoms in total. The summed E-state index contributed by atoms with van der Waals surface area (Å²) in [5, 5.41) is 14.4. The molecule has 0 aliphatic carbocycles. The van der Waals surface area contributed by atoms with Gasteiger partial charge in [0.1, 0.15) is 5.82 Å². The summed E-state index contributed by atoms with van der Waals surface area (Å²) in [6.07, 6.45) is 1.05. The van der Waals surface area contributed by atoms with Crippen LogP contribution in [0, 0.1) is 5.82 Å². The second kappa shape index (κ2) is 5.54. The molecule has 122 valence electrons. The van der Waals surface area contributed by atoms with E-state index >= 15 is 0 Å². The molecule has 2 heterocycles. The summed E-state index contributed by atoms with van der Waals surface area (Å²) in [4.78, 5) is 12.2. The Labute approximate surface area is 138 Å². The maximum atomic E-state index is 13.3. The minimum atomic E-state index is -0.707. The molecule has 24 heavy (non-hydrogen) atoms. The van der Waals surface area contributed by atoms with Crippen LogP contribution in [0.15, 0.2) is 42.6 Å². The zero-order valence-corrected chi connectivity index (χ0v) is 13.2. The van der Waals surface area contributed by atoms with Crippen molar-refractivity contribution >= 4 is 16.8 Å². The van der Waals surface area contributed by atoms with Crippen LogP contribution in [-0.4, -0.2) is 22.1 Å². The van der Waals surface area contributed by atoms with E-state index in [0.717, 1.165) is 33.2 Å². The Morgan fingerprint density at radius 2 is 1.96 bits per heavy atom. The maximum Gasteiger partial charge on any atom is 0.245 e. The smallest absolute Gasteiger partial charge is 0.245 e. The van der Waals surface area contributed by atoms with Crippen molar-refractivity contribution in [3.05, 3.63) is 59.5 Å². The number of halogens is 1. The van der Waals surface area contributed by atoms with E-state index in [1.807, 2.05) is 12.1 Å². The summed E-state index contributed by atoms with van der Waals surface area (Å²) in [5.41, 5.74) is 4.29. The number of benzene rings is 2. The van der Waals surface area contributed by atoms with Crippen LogP contribution in [0.3, 0.4) is 0 Å². The Balaban J connectivity index is 2.07. The number of aliphatic hydroxyl groups excluding tert-OH is 1. The van der Waals surface area contributed by atoms with E-state index in [9.17, 15) is 14.3 Å². The molecule has 2 aromatic carbocycles. The molecule has 3 aromatic rings. The second-order valence-corrected chi connectivity index (χ2v) is 6.13. The maximum absolute atomic E-state index is 13.3. The average Bonchev–Trinajstić information content (AvgIpc) is 2.92. The summed E-state index contributed by atoms with van der Waals surface area (Å²) in [6.45, 7) is 2.55. The second-order valence-electron chi connectivity index (χ2n) is 6.13. The zero-order chi connectivity index (χ0) is 16.8. The van der Waals surface area contributed by atoms with Gasteiger partial charge in [-0.05, 0) is 53.4 Å². The van der Waals surface area contributed by atoms with E-state index in [-0.39, 0.29) is 18.3 Å². The molecule has 0 fully saturated rings. The van der Waals surface area contributed by atoms with E-state index in [4.69, 9.17) is 0 Å². The van der Waals surface area contributed by atoms with Crippen molar-refractivity contribution < 1.29 is 14.3 Å². The van der Waals surface area contributed by atoms with Crippen LogP contribution in [0.25, 0.3) is 22.0 Å². The number of aliphatic hydroxyl groups is 1. The summed E-state index contributed by atoms with van der Waals surface area (Å²) < 4.78 is 14.9. The van der Waals surface area contributed by atoms with E-state index < -0.39 is 6.10 Å². The van der Waals surface area contributed by atoms with Crippen LogP contribution < -0.4 is 5.32 Å². The van der Waals surface area contributed by atoms with Crippen molar-refractivity contribution in [1.29, 1.82) is 0 Å². The van der Waals surface area contributed by atoms with Crippen LogP contribution in [0.2, 0.25) is 0 Å². The van der Waals surface area contributed by atoms with E-state index in [1.54, 1.807) is 29.8 Å². The monoisotopic (exact) mass is 324 g/mol. The van der Waals surface area contributed by atoms with Crippen molar-refractivity contribution in [2.24, 2.45) is 0 Å². The molecule has 0 saturated carbocycles. The van der Waals surface area contributed by atoms with Gasteiger partial charge in [-0.25, -0.2) is 4.39 Å². The quantitative estimate of drug-likeness (QED) is 0.761. The number of hydrogen-bond acceptors (Lipinski definition) is 3. The number of nitrogens with zero attached hydrogens (tertiary/aromatic N) is 1. The van der Waals surface area contributed by atoms with Gasteiger partial charge in [-0.1, -0.05) is 12.1 Å². The topological polar surface area (TPSA) is 54.3 Å². The largest absolute Gasteiger partial charge is 0.389 e. The lowest BCUT2D eigenvalue weighted by atomic mass is 9.91. The molecule has 5 heteroatoms. The number of aromatic nitrogens is 1. The number of nitrogens with one attached hydrogen (secondary N) is 1. The van der Waals surface area contributed by atoms with Crippen molar-refractivity contribution in [3.63, 3.8) is 0 Å². The average molecular weight is 324 g/mol. The van der Waals surface area contributed by atoms with Crippen molar-refractivity contribution in [3.8, 4) is 11.1 Å². The molecule has 2 N–H and O–H groups in total. The fourth-order valence-corrected chi connectivity index (χ4v) is 3.49. The Morgan fingerprint density at radius 3 is 2.67 bits per heavy atom. The van der Waals surface area contributed by atoms with Gasteiger partial charge in [0.25, 0.3) is 0 Å². The number of rotatable bonds is 2. The molecule has 1 aliphatic heterocycles. The SMILES string of the molecule is CC(O)c1c(-c2ccc(F)cc2)cc2c3c1ccn3C(=O)CNC2. The van der Waals surface area contributed by atoms with Gasteiger partial charge in [0, 0.05) is 18.1 Å². The van der Waals surface area contributed by atoms with Gasteiger partial charge in [0.15, 0.2) is 0 Å². The Morgan fingerprint density at radius 1 is 1.21 bits per heavy atom. The Bertz CT molecular complexity index is 942. The van der Waals surface area contributed by atoms with E-state index in [0.29, 0.717) is 6.54 Å². The lowest BCUT2D eigenvalue weighted by molar-refractivity contribution is 0.0920. The molecule has 0 saturated heterocycles. The third kappa shape index (κ3) is 2.25. The molecule has 0 amide bonds. The van der Waals surface area contributed by atoms with Crippen LogP contribution in [0.4, 0.5) is 4.39 Å². The molecule has 1 atom stereocenters. The van der Waals surface area contributed by atoms with Gasteiger partial charge >= 0.3 is 0 Å². The number of carbonyl (C=O) groups excluding carboxylic acids is 1. The fraction of sp³-hybridized carbons (Fsp3) is 0.211. The number of carbonyl (C=O) groups is 1. The van der Waals surface area contributed by atoms with Gasteiger partial charge in [-0.15, -0.1) is 0 Å². The highest BCUT2D eigenvalue weighted by Crippen LogP contribution is 2.37. The van der Waals surface area contributed by atoms with Gasteiger partial charge in [0.2, 0.25) is 5.91 Å². The van der Waals surface area contributed by atoms with Gasteiger partial charge in [0.05, 0.1) is 18.2 Å². The van der Waals surface area contributed by atoms with Gasteiger partial charge in [-0.3, -0.25) is 9.36 Å². The highest BCUT2D eigenvalue weighted by atomic mass is 19.1. The third-order valence-corrected chi connectivity index (χ3v) is 4.52. The molecular weight excluding hydrogens is 307 g/mol. The first kappa shape index (κ1) is 15.1. The zero-order valence-electron chi connectivity index (χ0n) is 13.2. The first-order chi connectivity index (χ1) is 11.6. The predicted molar refractivity (Wildman–Crippen MR) is 90.3 cm³/mol. The van der Waals surface area contributed by atoms with Crippen molar-refractivity contribution in [2.75, 3.05) is 6.54 Å². The van der Waals surface area contributed by atoms with Gasteiger partial charge in [-0.2, -0.15) is 0 Å². The highest BCUT2D eigenvalue weighted by molar-refractivity contribution is 6.00. The molecule has 0 spiro atoms. The molecule has 0 radical (unpaired) electrons. The molecule has 1 aliphatic rings. The first-order valence-electron chi connectivity index (χ1n) is 7.91. The standard InChI is InChI=1S/C19H17FN2O2/c1-11(23)18-15-6-7-22-17(24)10-21-9-13(19(15)22)8-16(18)12-2-4-14(20)5-3-12/h2-8,11,21,23H,9-10H2,1H3. The van der Waals surface area contributed by atoms with Crippen molar-refractivity contribution in [1.82, 2.24) is 9.88 Å². The van der Waals surface area contributed by atoms with Gasteiger partial charge < -0.3 is 10.4 Å². The molecule has 1 aromatic heterocycles. The fourth-order valence-electron chi connectivity index (χ4n) is 3.49.